The maximum absolute atomic E-state index is 9.62. The van der Waals surface area contributed by atoms with Crippen molar-refractivity contribution in [2.75, 3.05) is 0 Å². The molecular formula is C13H20O. The van der Waals surface area contributed by atoms with Crippen LogP contribution in [0.4, 0.5) is 0 Å². The number of aliphatic hydroxyl groups is 1. The Morgan fingerprint density at radius 3 is 2.14 bits per heavy atom. The molecule has 1 aromatic rings. The van der Waals surface area contributed by atoms with Gasteiger partial charge in [0.1, 0.15) is 0 Å². The van der Waals surface area contributed by atoms with Crippen LogP contribution in [0.2, 0.25) is 0 Å². The Hall–Kier alpha value is -0.820. The van der Waals surface area contributed by atoms with Crippen molar-refractivity contribution in [3.63, 3.8) is 0 Å². The fraction of sp³-hybridized carbons (Fsp3) is 0.538. The Labute approximate surface area is 86.8 Å². The molecule has 0 bridgehead atoms. The van der Waals surface area contributed by atoms with Crippen LogP contribution in [0.5, 0.6) is 0 Å². The molecule has 1 nitrogen and oxygen atoms in total. The second-order valence-corrected chi connectivity index (χ2v) is 3.72. The lowest BCUT2D eigenvalue weighted by Gasteiger charge is -2.26. The minimum absolute atomic E-state index is 0.139. The van der Waals surface area contributed by atoms with Crippen molar-refractivity contribution in [3.05, 3.63) is 35.4 Å². The van der Waals surface area contributed by atoms with E-state index < -0.39 is 0 Å². The lowest BCUT2D eigenvalue weighted by atomic mass is 9.83. The molecule has 0 saturated heterocycles. The van der Waals surface area contributed by atoms with Crippen LogP contribution in [0.3, 0.4) is 0 Å². The van der Waals surface area contributed by atoms with Crippen LogP contribution in [-0.2, 0) is 12.8 Å². The average Bonchev–Trinajstić information content (AvgIpc) is 2.23. The standard InChI is InChI=1S/C11H14O.C2H6/c1-8-6-9-4-2-3-5-10(9)7-11(8)12;1-2/h2-5,8,11-12H,6-7H2,1H3;1-2H3. The number of hydrogen-bond acceptors (Lipinski definition) is 1. The van der Waals surface area contributed by atoms with Gasteiger partial charge in [0.15, 0.2) is 0 Å². The van der Waals surface area contributed by atoms with Gasteiger partial charge in [0, 0.05) is 0 Å². The van der Waals surface area contributed by atoms with Crippen molar-refractivity contribution in [2.24, 2.45) is 5.92 Å². The number of fused-ring (bicyclic) bond motifs is 1. The summed E-state index contributed by atoms with van der Waals surface area (Å²) in [7, 11) is 0. The molecule has 1 aliphatic carbocycles. The number of hydrogen-bond donors (Lipinski definition) is 1. The van der Waals surface area contributed by atoms with Gasteiger partial charge in [0.2, 0.25) is 0 Å². The first kappa shape index (κ1) is 11.3. The lowest BCUT2D eigenvalue weighted by molar-refractivity contribution is 0.109. The van der Waals surface area contributed by atoms with Gasteiger partial charge in [-0.25, -0.2) is 0 Å². The molecule has 0 heterocycles. The van der Waals surface area contributed by atoms with Crippen molar-refractivity contribution >= 4 is 0 Å². The van der Waals surface area contributed by atoms with E-state index in [1.807, 2.05) is 19.9 Å². The second-order valence-electron chi connectivity index (χ2n) is 3.72. The Balaban J connectivity index is 0.000000461. The highest BCUT2D eigenvalue weighted by atomic mass is 16.3. The van der Waals surface area contributed by atoms with Gasteiger partial charge < -0.3 is 5.11 Å². The molecule has 1 N–H and O–H groups in total. The molecule has 0 spiro atoms. The Morgan fingerprint density at radius 1 is 1.07 bits per heavy atom. The van der Waals surface area contributed by atoms with Crippen LogP contribution in [0, 0.1) is 5.92 Å². The molecule has 0 fully saturated rings. The van der Waals surface area contributed by atoms with E-state index in [2.05, 4.69) is 25.1 Å². The lowest BCUT2D eigenvalue weighted by Crippen LogP contribution is -2.27. The predicted molar refractivity (Wildman–Crippen MR) is 60.4 cm³/mol. The fourth-order valence-electron chi connectivity index (χ4n) is 1.87. The molecule has 0 amide bonds. The fourth-order valence-corrected chi connectivity index (χ4v) is 1.87. The molecular weight excluding hydrogens is 172 g/mol. The highest BCUT2D eigenvalue weighted by molar-refractivity contribution is 5.30. The Morgan fingerprint density at radius 2 is 1.57 bits per heavy atom. The third-order valence-electron chi connectivity index (χ3n) is 2.75. The molecule has 0 aromatic heterocycles. The zero-order valence-electron chi connectivity index (χ0n) is 9.33. The molecule has 1 aromatic carbocycles. The molecule has 0 saturated carbocycles. The summed E-state index contributed by atoms with van der Waals surface area (Å²) < 4.78 is 0. The van der Waals surface area contributed by atoms with E-state index in [1.165, 1.54) is 11.1 Å². The first-order valence-electron chi connectivity index (χ1n) is 5.52. The van der Waals surface area contributed by atoms with E-state index in [0.29, 0.717) is 5.92 Å². The smallest absolute Gasteiger partial charge is 0.0609 e. The first-order chi connectivity index (χ1) is 6.77. The van der Waals surface area contributed by atoms with Crippen LogP contribution in [0.15, 0.2) is 24.3 Å². The zero-order chi connectivity index (χ0) is 10.6. The second kappa shape index (κ2) is 5.16. The van der Waals surface area contributed by atoms with Crippen molar-refractivity contribution < 1.29 is 5.11 Å². The highest BCUT2D eigenvalue weighted by Crippen LogP contribution is 2.24. The normalized spacial score (nSPS) is 24.6. The van der Waals surface area contributed by atoms with Crippen molar-refractivity contribution in [3.8, 4) is 0 Å². The summed E-state index contributed by atoms with van der Waals surface area (Å²) in [5, 5.41) is 9.62. The maximum Gasteiger partial charge on any atom is 0.0609 e. The Kier molecular flexibility index (Phi) is 4.15. The Bertz CT molecular complexity index is 251. The maximum atomic E-state index is 9.62. The van der Waals surface area contributed by atoms with Crippen molar-refractivity contribution in [1.82, 2.24) is 0 Å². The summed E-state index contributed by atoms with van der Waals surface area (Å²) in [4.78, 5) is 0. The van der Waals surface area contributed by atoms with Gasteiger partial charge in [0.05, 0.1) is 6.10 Å². The molecule has 1 heteroatoms. The summed E-state index contributed by atoms with van der Waals surface area (Å²) in [5.74, 6) is 0.417. The van der Waals surface area contributed by atoms with E-state index >= 15 is 0 Å². The highest BCUT2D eigenvalue weighted by Gasteiger charge is 2.22. The molecule has 1 aliphatic rings. The van der Waals surface area contributed by atoms with Gasteiger partial charge in [-0.1, -0.05) is 45.0 Å². The zero-order valence-corrected chi connectivity index (χ0v) is 9.33. The van der Waals surface area contributed by atoms with Crippen LogP contribution < -0.4 is 0 Å². The van der Waals surface area contributed by atoms with Gasteiger partial charge in [-0.05, 0) is 29.9 Å². The molecule has 0 radical (unpaired) electrons. The predicted octanol–water partition coefficient (Wildman–Crippen LogP) is 2.81. The van der Waals surface area contributed by atoms with Gasteiger partial charge >= 0.3 is 0 Å². The van der Waals surface area contributed by atoms with Crippen LogP contribution in [-0.4, -0.2) is 11.2 Å². The van der Waals surface area contributed by atoms with E-state index in [0.717, 1.165) is 12.8 Å². The minimum Gasteiger partial charge on any atom is -0.392 e. The monoisotopic (exact) mass is 192 g/mol. The van der Waals surface area contributed by atoms with Gasteiger partial charge in [-0.2, -0.15) is 0 Å². The summed E-state index contributed by atoms with van der Waals surface area (Å²) >= 11 is 0. The molecule has 2 atom stereocenters. The van der Waals surface area contributed by atoms with Gasteiger partial charge in [-0.3, -0.25) is 0 Å². The van der Waals surface area contributed by atoms with E-state index in [9.17, 15) is 5.11 Å². The van der Waals surface area contributed by atoms with Gasteiger partial charge in [-0.15, -0.1) is 0 Å². The van der Waals surface area contributed by atoms with E-state index in [4.69, 9.17) is 0 Å². The molecule has 2 unspecified atom stereocenters. The molecule has 2 rings (SSSR count). The summed E-state index contributed by atoms with van der Waals surface area (Å²) in [5.41, 5.74) is 2.73. The van der Waals surface area contributed by atoms with Crippen LogP contribution >= 0.6 is 0 Å². The van der Waals surface area contributed by atoms with E-state index in [-0.39, 0.29) is 6.10 Å². The molecule has 0 aliphatic heterocycles. The molecule has 14 heavy (non-hydrogen) atoms. The molecule has 78 valence electrons. The first-order valence-corrected chi connectivity index (χ1v) is 5.52. The number of benzene rings is 1. The topological polar surface area (TPSA) is 20.2 Å². The van der Waals surface area contributed by atoms with Gasteiger partial charge in [0.25, 0.3) is 0 Å². The van der Waals surface area contributed by atoms with Crippen LogP contribution in [0.1, 0.15) is 31.9 Å². The largest absolute Gasteiger partial charge is 0.392 e. The number of rotatable bonds is 0. The third-order valence-corrected chi connectivity index (χ3v) is 2.75. The van der Waals surface area contributed by atoms with E-state index in [1.54, 1.807) is 0 Å². The minimum atomic E-state index is -0.139. The average molecular weight is 192 g/mol. The quantitative estimate of drug-likeness (QED) is 0.670. The van der Waals surface area contributed by atoms with Crippen LogP contribution in [0.25, 0.3) is 0 Å². The van der Waals surface area contributed by atoms with Crippen molar-refractivity contribution in [2.45, 2.75) is 39.7 Å². The SMILES string of the molecule is CC.CC1Cc2ccccc2CC1O. The third kappa shape index (κ3) is 2.36. The summed E-state index contributed by atoms with van der Waals surface area (Å²) in [6.45, 7) is 6.11. The number of aliphatic hydroxyl groups excluding tert-OH is 1. The van der Waals surface area contributed by atoms with Crippen molar-refractivity contribution in [1.29, 1.82) is 0 Å². The summed E-state index contributed by atoms with van der Waals surface area (Å²) in [6, 6.07) is 8.40. The summed E-state index contributed by atoms with van der Waals surface area (Å²) in [6.07, 6.45) is 1.72.